The molecule has 4 fully saturated rings. The first kappa shape index (κ1) is 56.4. The quantitative estimate of drug-likeness (QED) is 0.0629. The molecule has 4 aromatic carbocycles. The summed E-state index contributed by atoms with van der Waals surface area (Å²) in [4.78, 5) is 12.4. The van der Waals surface area contributed by atoms with Crippen molar-refractivity contribution in [3.8, 4) is 0 Å². The van der Waals surface area contributed by atoms with E-state index in [2.05, 4.69) is 183 Å². The fraction of sp³-hybridized carbons (Fsp3) is 0.571. The summed E-state index contributed by atoms with van der Waals surface area (Å²) in [6.45, 7) is 29.3. The maximum absolute atomic E-state index is 12.4. The van der Waals surface area contributed by atoms with Crippen LogP contribution in [0.15, 0.2) is 133 Å². The Hall–Kier alpha value is -3.76. The second-order valence-corrected chi connectivity index (χ2v) is 33.7. The summed E-state index contributed by atoms with van der Waals surface area (Å²) in [6, 6.07) is 43.4. The maximum Gasteiger partial charge on any atom is 0.311 e. The molecule has 12 atom stereocenters. The van der Waals surface area contributed by atoms with E-state index in [0.29, 0.717) is 32.5 Å². The molecule has 0 aliphatic carbocycles. The number of benzene rings is 4. The van der Waals surface area contributed by atoms with Crippen molar-refractivity contribution in [2.75, 3.05) is 13.2 Å². The monoisotopic (exact) mass is 1040 g/mol. The van der Waals surface area contributed by atoms with Gasteiger partial charge in [0.15, 0.2) is 0 Å². The van der Waals surface area contributed by atoms with Crippen molar-refractivity contribution in [3.63, 3.8) is 0 Å². The van der Waals surface area contributed by atoms with Gasteiger partial charge in [-0.15, -0.1) is 0 Å². The zero-order valence-corrected chi connectivity index (χ0v) is 48.5. The van der Waals surface area contributed by atoms with Crippen LogP contribution in [0.4, 0.5) is 0 Å². The number of aliphatic hydroxyl groups excluding tert-OH is 1. The molecule has 4 aromatic rings. The van der Waals surface area contributed by atoms with Gasteiger partial charge < -0.3 is 37.6 Å². The van der Waals surface area contributed by atoms with Gasteiger partial charge in [0.05, 0.1) is 66.5 Å². The number of ether oxygens (including phenoxy) is 5. The van der Waals surface area contributed by atoms with Crippen LogP contribution in [0, 0.1) is 17.3 Å². The number of carbonyl (C=O) groups is 1. The summed E-state index contributed by atoms with van der Waals surface area (Å²) in [5.41, 5.74) is 0.518. The minimum Gasteiger partial charge on any atom is -0.463 e. The Morgan fingerprint density at radius 2 is 1.12 bits per heavy atom. The topological polar surface area (TPSA) is 102 Å². The highest BCUT2D eigenvalue weighted by Crippen LogP contribution is 2.45. The highest BCUT2D eigenvalue weighted by Gasteiger charge is 2.57. The van der Waals surface area contributed by atoms with Gasteiger partial charge in [0, 0.05) is 25.4 Å². The van der Waals surface area contributed by atoms with Gasteiger partial charge in [-0.05, 0) is 102 Å². The molecule has 74 heavy (non-hydrogen) atoms. The number of carbonyl (C=O) groups excluding carboxylic acids is 1. The average molecular weight is 1050 g/mol. The van der Waals surface area contributed by atoms with Gasteiger partial charge in [-0.25, -0.2) is 0 Å². The molecule has 11 heteroatoms. The summed E-state index contributed by atoms with van der Waals surface area (Å²) in [7, 11) is -5.93. The molecular formula is C63H88O9Si2. The standard InChI is InChI=1S/C63H88O9Si2/c1-43-39-47(35-33-46-34-36-48(68-46)42-66-60(65)61(4,5)6)69-54(44(43)2)40-56-58(64)45(3)59-57(70-56)41-55(72-74(63(10,11)12,51-29-21-15-22-30-51)52-31-23-16-24-32-52)53(71-59)37-38-67-73(62(7,8)9,49-25-17-13-18-26-49)50-27-19-14-20-28-50/h13-32,43,45-48,53-59,64H,2,33-42H2,1,3-12H3/t43?,45-,46+,47?,48?,53?,54?,55?,56+,57?,58?,59+/m1/s1. The van der Waals surface area contributed by atoms with Crippen molar-refractivity contribution in [2.45, 2.75) is 199 Å². The average Bonchev–Trinajstić information content (AvgIpc) is 3.84. The van der Waals surface area contributed by atoms with Crippen LogP contribution in [-0.4, -0.2) is 102 Å². The van der Waals surface area contributed by atoms with Crippen molar-refractivity contribution in [2.24, 2.45) is 17.3 Å². The molecular weight excluding hydrogens is 957 g/mol. The predicted molar refractivity (Wildman–Crippen MR) is 302 cm³/mol. The smallest absolute Gasteiger partial charge is 0.311 e. The summed E-state index contributed by atoms with van der Waals surface area (Å²) in [6.07, 6.45) is 3.33. The highest BCUT2D eigenvalue weighted by molar-refractivity contribution is 7.00. The van der Waals surface area contributed by atoms with E-state index in [-0.39, 0.29) is 76.7 Å². The molecule has 0 amide bonds. The third kappa shape index (κ3) is 12.2. The van der Waals surface area contributed by atoms with Crippen LogP contribution < -0.4 is 20.7 Å². The Morgan fingerprint density at radius 3 is 1.64 bits per heavy atom. The van der Waals surface area contributed by atoms with E-state index in [9.17, 15) is 9.90 Å². The molecule has 402 valence electrons. The van der Waals surface area contributed by atoms with E-state index in [4.69, 9.17) is 32.5 Å². The van der Waals surface area contributed by atoms with Gasteiger partial charge in [-0.3, -0.25) is 4.79 Å². The van der Waals surface area contributed by atoms with E-state index in [1.165, 1.54) is 20.7 Å². The Labute approximate surface area is 446 Å². The third-order valence-electron chi connectivity index (χ3n) is 16.7. The third-order valence-corrected chi connectivity index (χ3v) is 26.8. The lowest BCUT2D eigenvalue weighted by molar-refractivity contribution is -0.267. The van der Waals surface area contributed by atoms with Crippen LogP contribution in [0.3, 0.4) is 0 Å². The first-order valence-electron chi connectivity index (χ1n) is 27.8. The molecule has 0 aromatic heterocycles. The van der Waals surface area contributed by atoms with Gasteiger partial charge in [0.25, 0.3) is 16.6 Å². The summed E-state index contributed by atoms with van der Waals surface area (Å²) >= 11 is 0. The van der Waals surface area contributed by atoms with E-state index < -0.39 is 34.3 Å². The van der Waals surface area contributed by atoms with E-state index in [0.717, 1.165) is 37.7 Å². The first-order valence-corrected chi connectivity index (χ1v) is 31.6. The van der Waals surface area contributed by atoms with Crippen molar-refractivity contribution in [1.82, 2.24) is 0 Å². The zero-order chi connectivity index (χ0) is 53.1. The molecule has 9 nitrogen and oxygen atoms in total. The Balaban J connectivity index is 1.04. The van der Waals surface area contributed by atoms with E-state index in [1.54, 1.807) is 0 Å². The lowest BCUT2D eigenvalue weighted by Gasteiger charge is -2.53. The number of hydrogen-bond donors (Lipinski definition) is 1. The normalized spacial score (nSPS) is 29.2. The summed E-state index contributed by atoms with van der Waals surface area (Å²) in [5.74, 6) is -0.158. The van der Waals surface area contributed by atoms with Gasteiger partial charge in [-0.2, -0.15) is 0 Å². The predicted octanol–water partition coefficient (Wildman–Crippen LogP) is 10.5. The van der Waals surface area contributed by atoms with Crippen molar-refractivity contribution in [3.05, 3.63) is 133 Å². The molecule has 4 aliphatic heterocycles. The van der Waals surface area contributed by atoms with E-state index in [1.807, 2.05) is 20.8 Å². The Kier molecular flexibility index (Phi) is 17.9. The molecule has 0 spiro atoms. The lowest BCUT2D eigenvalue weighted by Crippen LogP contribution is -2.70. The number of rotatable bonds is 17. The van der Waals surface area contributed by atoms with Crippen LogP contribution in [-0.2, 0) is 37.3 Å². The molecule has 4 aliphatic rings. The molecule has 4 heterocycles. The molecule has 0 radical (unpaired) electrons. The molecule has 4 saturated heterocycles. The number of aliphatic hydroxyl groups is 1. The molecule has 8 unspecified atom stereocenters. The SMILES string of the molecule is C=C1C(C)CC(CC[C@H]2CCC(COC(=O)C(C)(C)C)O2)OC1C[C@@H]1OC2CC(O[Si](c3ccccc3)(c3ccccc3)C(C)(C)C)C(CCO[Si](c3ccccc3)(c3ccccc3)C(C)(C)C)O[C@H]2[C@H](C)C1O. The number of fused-ring (bicyclic) bond motifs is 1. The van der Waals surface area contributed by atoms with Crippen molar-refractivity contribution < 1.29 is 42.4 Å². The van der Waals surface area contributed by atoms with Crippen molar-refractivity contribution >= 4 is 43.4 Å². The van der Waals surface area contributed by atoms with Crippen molar-refractivity contribution in [1.29, 1.82) is 0 Å². The fourth-order valence-electron chi connectivity index (χ4n) is 12.6. The first-order chi connectivity index (χ1) is 35.1. The van der Waals surface area contributed by atoms with E-state index >= 15 is 0 Å². The molecule has 8 rings (SSSR count). The van der Waals surface area contributed by atoms with Crippen LogP contribution in [0.1, 0.15) is 128 Å². The Bertz CT molecular complexity index is 2340. The number of hydrogen-bond acceptors (Lipinski definition) is 9. The molecule has 0 saturated carbocycles. The minimum absolute atomic E-state index is 0.0295. The zero-order valence-electron chi connectivity index (χ0n) is 46.5. The fourth-order valence-corrected chi connectivity index (χ4v) is 21.9. The minimum atomic E-state index is -3.07. The van der Waals surface area contributed by atoms with Gasteiger partial charge in [0.2, 0.25) is 0 Å². The largest absolute Gasteiger partial charge is 0.463 e. The highest BCUT2D eigenvalue weighted by atomic mass is 28.4. The molecule has 0 bridgehead atoms. The second kappa shape index (κ2) is 23.5. The molecule has 1 N–H and O–H groups in total. The summed E-state index contributed by atoms with van der Waals surface area (Å²) < 4.78 is 49.1. The summed E-state index contributed by atoms with van der Waals surface area (Å²) in [5, 5.41) is 16.8. The van der Waals surface area contributed by atoms with Crippen LogP contribution in [0.5, 0.6) is 0 Å². The maximum atomic E-state index is 12.4. The Morgan fingerprint density at radius 1 is 0.622 bits per heavy atom. The van der Waals surface area contributed by atoms with Crippen LogP contribution >= 0.6 is 0 Å². The van der Waals surface area contributed by atoms with Crippen LogP contribution in [0.2, 0.25) is 10.1 Å². The van der Waals surface area contributed by atoms with Gasteiger partial charge in [0.1, 0.15) is 6.61 Å². The number of esters is 1. The van der Waals surface area contributed by atoms with Crippen LogP contribution in [0.25, 0.3) is 0 Å². The van der Waals surface area contributed by atoms with Gasteiger partial charge in [-0.1, -0.05) is 183 Å². The lowest BCUT2D eigenvalue weighted by atomic mass is 9.79. The van der Waals surface area contributed by atoms with Gasteiger partial charge >= 0.3 is 5.97 Å². The second-order valence-electron chi connectivity index (χ2n) is 25.1.